The average molecular weight is 285 g/mol. The van der Waals surface area contributed by atoms with Gasteiger partial charge in [0.25, 0.3) is 5.91 Å². The molecule has 0 spiro atoms. The fourth-order valence-electron chi connectivity index (χ4n) is 1.21. The lowest BCUT2D eigenvalue weighted by atomic mass is 10.2. The molecule has 0 unspecified atom stereocenters. The van der Waals surface area contributed by atoms with E-state index in [1.165, 1.54) is 7.11 Å². The van der Waals surface area contributed by atoms with E-state index in [1.54, 1.807) is 24.3 Å². The molecule has 1 aromatic carbocycles. The van der Waals surface area contributed by atoms with E-state index >= 15 is 0 Å². The van der Waals surface area contributed by atoms with Gasteiger partial charge in [-0.2, -0.15) is 0 Å². The van der Waals surface area contributed by atoms with E-state index < -0.39 is 17.8 Å². The summed E-state index contributed by atoms with van der Waals surface area (Å²) in [6.07, 6.45) is 0. The largest absolute Gasteiger partial charge is 0.468 e. The Kier molecular flexibility index (Phi) is 5.81. The van der Waals surface area contributed by atoms with Crippen molar-refractivity contribution in [2.75, 3.05) is 20.2 Å². The molecular formula is C12H13ClN2O4. The van der Waals surface area contributed by atoms with Crippen molar-refractivity contribution in [1.29, 1.82) is 0 Å². The Bertz CT molecular complexity index is 490. The zero-order chi connectivity index (χ0) is 14.3. The maximum atomic E-state index is 11.7. The quantitative estimate of drug-likeness (QED) is 0.765. The lowest BCUT2D eigenvalue weighted by molar-refractivity contribution is -0.141. The van der Waals surface area contributed by atoms with Crippen LogP contribution in [0.15, 0.2) is 24.3 Å². The minimum Gasteiger partial charge on any atom is -0.468 e. The third kappa shape index (κ3) is 4.97. The number of hydrogen-bond acceptors (Lipinski definition) is 4. The average Bonchev–Trinajstić information content (AvgIpc) is 2.42. The van der Waals surface area contributed by atoms with E-state index in [0.29, 0.717) is 5.02 Å². The molecule has 102 valence electrons. The summed E-state index contributed by atoms with van der Waals surface area (Å²) in [5.41, 5.74) is 0.282. The molecule has 0 heterocycles. The van der Waals surface area contributed by atoms with Gasteiger partial charge < -0.3 is 15.4 Å². The first-order chi connectivity index (χ1) is 9.04. The normalized spacial score (nSPS) is 9.58. The van der Waals surface area contributed by atoms with Crippen molar-refractivity contribution in [2.24, 2.45) is 0 Å². The predicted molar refractivity (Wildman–Crippen MR) is 68.8 cm³/mol. The maximum Gasteiger partial charge on any atom is 0.325 e. The van der Waals surface area contributed by atoms with Crippen LogP contribution in [-0.2, 0) is 14.3 Å². The molecule has 1 rings (SSSR count). The van der Waals surface area contributed by atoms with Gasteiger partial charge in [-0.15, -0.1) is 0 Å². The van der Waals surface area contributed by atoms with E-state index in [9.17, 15) is 14.4 Å². The predicted octanol–water partition coefficient (Wildman–Crippen LogP) is 0.359. The monoisotopic (exact) mass is 284 g/mol. The SMILES string of the molecule is COC(=O)CNC(=O)CNC(=O)c1ccccc1Cl. The topological polar surface area (TPSA) is 84.5 Å². The van der Waals surface area contributed by atoms with E-state index in [1.807, 2.05) is 0 Å². The lowest BCUT2D eigenvalue weighted by Gasteiger charge is -2.07. The van der Waals surface area contributed by atoms with Crippen LogP contribution in [0.25, 0.3) is 0 Å². The van der Waals surface area contributed by atoms with E-state index in [0.717, 1.165) is 0 Å². The zero-order valence-corrected chi connectivity index (χ0v) is 11.0. The second-order valence-electron chi connectivity index (χ2n) is 3.52. The van der Waals surface area contributed by atoms with Gasteiger partial charge in [0.15, 0.2) is 0 Å². The molecule has 0 radical (unpaired) electrons. The highest BCUT2D eigenvalue weighted by molar-refractivity contribution is 6.33. The highest BCUT2D eigenvalue weighted by Gasteiger charge is 2.11. The summed E-state index contributed by atoms with van der Waals surface area (Å²) < 4.78 is 4.35. The Morgan fingerprint density at radius 1 is 1.16 bits per heavy atom. The fraction of sp³-hybridized carbons (Fsp3) is 0.250. The molecule has 1 aromatic rings. The van der Waals surface area contributed by atoms with Gasteiger partial charge in [-0.25, -0.2) is 0 Å². The Morgan fingerprint density at radius 3 is 2.47 bits per heavy atom. The van der Waals surface area contributed by atoms with E-state index in [-0.39, 0.29) is 18.7 Å². The van der Waals surface area contributed by atoms with Crippen molar-refractivity contribution >= 4 is 29.4 Å². The number of carbonyl (C=O) groups excluding carboxylic acids is 3. The molecule has 0 fully saturated rings. The van der Waals surface area contributed by atoms with Crippen molar-refractivity contribution in [2.45, 2.75) is 0 Å². The van der Waals surface area contributed by atoms with Crippen molar-refractivity contribution in [3.8, 4) is 0 Å². The number of nitrogens with one attached hydrogen (secondary N) is 2. The Hall–Kier alpha value is -2.08. The van der Waals surface area contributed by atoms with Crippen LogP contribution in [0.2, 0.25) is 5.02 Å². The van der Waals surface area contributed by atoms with Gasteiger partial charge in [-0.1, -0.05) is 23.7 Å². The molecule has 7 heteroatoms. The molecule has 0 bridgehead atoms. The number of carbonyl (C=O) groups is 3. The van der Waals surface area contributed by atoms with Crippen LogP contribution < -0.4 is 10.6 Å². The summed E-state index contributed by atoms with van der Waals surface area (Å²) in [5.74, 6) is -1.52. The van der Waals surface area contributed by atoms with Gasteiger partial charge in [-0.05, 0) is 12.1 Å². The molecule has 19 heavy (non-hydrogen) atoms. The second kappa shape index (κ2) is 7.38. The third-order valence-corrected chi connectivity index (χ3v) is 2.52. The molecule has 0 saturated heterocycles. The number of amides is 2. The van der Waals surface area contributed by atoms with Crippen molar-refractivity contribution < 1.29 is 19.1 Å². The van der Waals surface area contributed by atoms with Gasteiger partial charge in [0.05, 0.1) is 24.2 Å². The van der Waals surface area contributed by atoms with Gasteiger partial charge in [-0.3, -0.25) is 14.4 Å². The molecule has 0 aliphatic carbocycles. The number of hydrogen-bond donors (Lipinski definition) is 2. The highest BCUT2D eigenvalue weighted by atomic mass is 35.5. The number of rotatable bonds is 5. The summed E-state index contributed by atoms with van der Waals surface area (Å²) in [4.78, 5) is 33.8. The number of methoxy groups -OCH3 is 1. The Balaban J connectivity index is 2.40. The van der Waals surface area contributed by atoms with Gasteiger partial charge in [0, 0.05) is 0 Å². The van der Waals surface area contributed by atoms with E-state index in [4.69, 9.17) is 11.6 Å². The van der Waals surface area contributed by atoms with Crippen molar-refractivity contribution in [1.82, 2.24) is 10.6 Å². The number of benzene rings is 1. The molecule has 0 aromatic heterocycles. The van der Waals surface area contributed by atoms with Gasteiger partial charge in [0.1, 0.15) is 6.54 Å². The molecule has 0 aliphatic rings. The van der Waals surface area contributed by atoms with Gasteiger partial charge >= 0.3 is 5.97 Å². The number of esters is 1. The lowest BCUT2D eigenvalue weighted by Crippen LogP contribution is -2.39. The van der Waals surface area contributed by atoms with Crippen LogP contribution in [0.1, 0.15) is 10.4 Å². The molecule has 0 aliphatic heterocycles. The molecular weight excluding hydrogens is 272 g/mol. The highest BCUT2D eigenvalue weighted by Crippen LogP contribution is 2.14. The third-order valence-electron chi connectivity index (χ3n) is 2.19. The van der Waals surface area contributed by atoms with Gasteiger partial charge in [0.2, 0.25) is 5.91 Å². The molecule has 0 atom stereocenters. The summed E-state index contributed by atoms with van der Waals surface area (Å²) in [7, 11) is 1.22. The van der Waals surface area contributed by atoms with Crippen LogP contribution >= 0.6 is 11.6 Å². The van der Waals surface area contributed by atoms with Crippen LogP contribution in [0.3, 0.4) is 0 Å². The summed E-state index contributed by atoms with van der Waals surface area (Å²) >= 11 is 5.83. The first-order valence-electron chi connectivity index (χ1n) is 5.41. The first kappa shape index (κ1) is 15.0. The smallest absolute Gasteiger partial charge is 0.325 e. The Morgan fingerprint density at radius 2 is 1.84 bits per heavy atom. The van der Waals surface area contributed by atoms with E-state index in [2.05, 4.69) is 15.4 Å². The minimum atomic E-state index is -0.564. The fourth-order valence-corrected chi connectivity index (χ4v) is 1.43. The summed E-state index contributed by atoms with van der Waals surface area (Å²) in [6, 6.07) is 6.48. The second-order valence-corrected chi connectivity index (χ2v) is 3.92. The van der Waals surface area contributed by atoms with Crippen LogP contribution in [0, 0.1) is 0 Å². The molecule has 0 saturated carbocycles. The minimum absolute atomic E-state index is 0.239. The molecule has 6 nitrogen and oxygen atoms in total. The van der Waals surface area contributed by atoms with Crippen LogP contribution in [0.5, 0.6) is 0 Å². The standard InChI is InChI=1S/C12H13ClN2O4/c1-19-11(17)7-14-10(16)6-15-12(18)8-4-2-3-5-9(8)13/h2-5H,6-7H2,1H3,(H,14,16)(H,15,18). The van der Waals surface area contributed by atoms with Crippen molar-refractivity contribution in [3.05, 3.63) is 34.9 Å². The summed E-state index contributed by atoms with van der Waals surface area (Å²) in [5, 5.41) is 4.99. The number of ether oxygens (including phenoxy) is 1. The zero-order valence-electron chi connectivity index (χ0n) is 10.2. The van der Waals surface area contributed by atoms with Crippen LogP contribution in [0.4, 0.5) is 0 Å². The van der Waals surface area contributed by atoms with Crippen molar-refractivity contribution in [3.63, 3.8) is 0 Å². The number of halogens is 1. The molecule has 2 amide bonds. The van der Waals surface area contributed by atoms with Crippen LogP contribution in [-0.4, -0.2) is 38.0 Å². The Labute approximate surface area is 115 Å². The summed E-state index contributed by atoms with van der Waals surface area (Å²) in [6.45, 7) is -0.488. The first-order valence-corrected chi connectivity index (χ1v) is 5.78. The maximum absolute atomic E-state index is 11.7. The molecule has 2 N–H and O–H groups in total.